The number of nitrogens with zero attached hydrogens (tertiary/aromatic N) is 3. The molecule has 10 nitrogen and oxygen atoms in total. The van der Waals surface area contributed by atoms with Crippen molar-refractivity contribution in [2.75, 3.05) is 39.3 Å². The number of imide groups is 1. The van der Waals surface area contributed by atoms with E-state index in [1.165, 1.54) is 45.6 Å². The van der Waals surface area contributed by atoms with Crippen molar-refractivity contribution in [1.29, 1.82) is 0 Å². The molecule has 0 bridgehead atoms. The molecule has 35 heavy (non-hydrogen) atoms. The SMILES string of the molecule is C=CCN1C(=O)c2ccc(C(=O)OCC(=O)N3CCN(S(=O)(=O)c4ccccc4)CC3)cc2C1=O. The first-order valence-electron chi connectivity index (χ1n) is 10.9. The smallest absolute Gasteiger partial charge is 0.338 e. The zero-order valence-corrected chi connectivity index (χ0v) is 19.6. The first kappa shape index (κ1) is 24.3. The predicted octanol–water partition coefficient (Wildman–Crippen LogP) is 1.16. The van der Waals surface area contributed by atoms with Gasteiger partial charge in [0, 0.05) is 32.7 Å². The van der Waals surface area contributed by atoms with Crippen LogP contribution in [-0.2, 0) is 19.6 Å². The van der Waals surface area contributed by atoms with E-state index in [-0.39, 0.29) is 54.3 Å². The maximum atomic E-state index is 12.7. The van der Waals surface area contributed by atoms with E-state index in [2.05, 4.69) is 6.58 Å². The second-order valence-electron chi connectivity index (χ2n) is 7.94. The number of carbonyl (C=O) groups excluding carboxylic acids is 4. The van der Waals surface area contributed by atoms with E-state index in [0.29, 0.717) is 0 Å². The first-order valence-corrected chi connectivity index (χ1v) is 12.3. The van der Waals surface area contributed by atoms with E-state index in [4.69, 9.17) is 4.74 Å². The third-order valence-corrected chi connectivity index (χ3v) is 7.73. The minimum atomic E-state index is -3.64. The van der Waals surface area contributed by atoms with Gasteiger partial charge in [0.2, 0.25) is 10.0 Å². The number of hydrogen-bond donors (Lipinski definition) is 0. The van der Waals surface area contributed by atoms with Gasteiger partial charge in [-0.05, 0) is 30.3 Å². The number of piperazine rings is 1. The van der Waals surface area contributed by atoms with Crippen LogP contribution in [0.3, 0.4) is 0 Å². The standard InChI is InChI=1S/C24H23N3O7S/c1-2-10-27-22(29)19-9-8-17(15-20(19)23(27)30)24(31)34-16-21(28)25-11-13-26(14-12-25)35(32,33)18-6-4-3-5-7-18/h2-9,15H,1,10-14,16H2. The first-order chi connectivity index (χ1) is 16.7. The molecular formula is C24H23N3O7S. The predicted molar refractivity (Wildman–Crippen MR) is 124 cm³/mol. The van der Waals surface area contributed by atoms with Crippen LogP contribution in [0.5, 0.6) is 0 Å². The number of benzene rings is 2. The van der Waals surface area contributed by atoms with Crippen LogP contribution in [0, 0.1) is 0 Å². The Morgan fingerprint density at radius 2 is 1.60 bits per heavy atom. The Kier molecular flexibility index (Phi) is 6.81. The molecule has 4 rings (SSSR count). The van der Waals surface area contributed by atoms with Crippen LogP contribution in [0.2, 0.25) is 0 Å². The normalized spacial score (nSPS) is 16.2. The second-order valence-corrected chi connectivity index (χ2v) is 9.88. The second kappa shape index (κ2) is 9.80. The Hall–Kier alpha value is -3.83. The molecule has 0 spiro atoms. The van der Waals surface area contributed by atoms with E-state index >= 15 is 0 Å². The highest BCUT2D eigenvalue weighted by atomic mass is 32.2. The molecule has 2 aromatic rings. The lowest BCUT2D eigenvalue weighted by Crippen LogP contribution is -2.51. The van der Waals surface area contributed by atoms with Crippen LogP contribution in [0.4, 0.5) is 0 Å². The summed E-state index contributed by atoms with van der Waals surface area (Å²) >= 11 is 0. The number of fused-ring (bicyclic) bond motifs is 1. The fraction of sp³-hybridized carbons (Fsp3) is 0.250. The van der Waals surface area contributed by atoms with Crippen LogP contribution < -0.4 is 0 Å². The zero-order chi connectivity index (χ0) is 25.2. The number of sulfonamides is 1. The monoisotopic (exact) mass is 497 g/mol. The van der Waals surface area contributed by atoms with Gasteiger partial charge in [-0.15, -0.1) is 6.58 Å². The summed E-state index contributed by atoms with van der Waals surface area (Å²) in [6, 6.07) is 12.1. The Bertz CT molecular complexity index is 1300. The quantitative estimate of drug-likeness (QED) is 0.320. The minimum Gasteiger partial charge on any atom is -0.452 e. The molecule has 0 N–H and O–H groups in total. The number of rotatable bonds is 7. The molecule has 0 unspecified atom stereocenters. The van der Waals surface area contributed by atoms with Gasteiger partial charge in [-0.25, -0.2) is 13.2 Å². The Balaban J connectivity index is 1.32. The Morgan fingerprint density at radius 1 is 0.943 bits per heavy atom. The molecule has 0 atom stereocenters. The molecule has 11 heteroatoms. The summed E-state index contributed by atoms with van der Waals surface area (Å²) in [7, 11) is -3.64. The lowest BCUT2D eigenvalue weighted by Gasteiger charge is -2.33. The molecule has 0 radical (unpaired) electrons. The minimum absolute atomic E-state index is 0.0388. The van der Waals surface area contributed by atoms with Crippen LogP contribution in [0.15, 0.2) is 66.1 Å². The van der Waals surface area contributed by atoms with Crippen molar-refractivity contribution in [3.8, 4) is 0 Å². The lowest BCUT2D eigenvalue weighted by molar-refractivity contribution is -0.135. The molecule has 3 amide bonds. The molecule has 182 valence electrons. The third kappa shape index (κ3) is 4.73. The molecule has 0 saturated carbocycles. The van der Waals surface area contributed by atoms with Crippen molar-refractivity contribution in [2.24, 2.45) is 0 Å². The fourth-order valence-corrected chi connectivity index (χ4v) is 5.38. The van der Waals surface area contributed by atoms with Gasteiger partial charge >= 0.3 is 5.97 Å². The number of carbonyl (C=O) groups is 4. The summed E-state index contributed by atoms with van der Waals surface area (Å²) in [5, 5.41) is 0. The van der Waals surface area contributed by atoms with Crippen molar-refractivity contribution >= 4 is 33.7 Å². The topological polar surface area (TPSA) is 121 Å². The summed E-state index contributed by atoms with van der Waals surface area (Å²) in [4.78, 5) is 52.3. The van der Waals surface area contributed by atoms with Crippen LogP contribution in [-0.4, -0.2) is 85.5 Å². The number of amides is 3. The highest BCUT2D eigenvalue weighted by Gasteiger charge is 2.35. The van der Waals surface area contributed by atoms with Gasteiger partial charge in [-0.1, -0.05) is 24.3 Å². The lowest BCUT2D eigenvalue weighted by atomic mass is 10.1. The Labute approximate surface area is 202 Å². The molecule has 2 aromatic carbocycles. The Morgan fingerprint density at radius 3 is 2.26 bits per heavy atom. The summed E-state index contributed by atoms with van der Waals surface area (Å²) < 4.78 is 31.9. The molecule has 0 aromatic heterocycles. The van der Waals surface area contributed by atoms with Gasteiger partial charge in [0.25, 0.3) is 17.7 Å². The maximum absolute atomic E-state index is 12.7. The van der Waals surface area contributed by atoms with E-state index in [1.807, 2.05) is 0 Å². The highest BCUT2D eigenvalue weighted by molar-refractivity contribution is 7.89. The summed E-state index contributed by atoms with van der Waals surface area (Å²) in [6.45, 7) is 3.62. The largest absolute Gasteiger partial charge is 0.452 e. The number of hydrogen-bond acceptors (Lipinski definition) is 7. The third-order valence-electron chi connectivity index (χ3n) is 5.82. The number of esters is 1. The van der Waals surface area contributed by atoms with Crippen molar-refractivity contribution in [1.82, 2.24) is 14.1 Å². The average Bonchev–Trinajstić information content (AvgIpc) is 3.12. The molecule has 2 aliphatic rings. The maximum Gasteiger partial charge on any atom is 0.338 e. The van der Waals surface area contributed by atoms with Crippen molar-refractivity contribution in [3.05, 3.63) is 77.9 Å². The number of ether oxygens (including phenoxy) is 1. The van der Waals surface area contributed by atoms with Crippen molar-refractivity contribution in [2.45, 2.75) is 4.90 Å². The van der Waals surface area contributed by atoms with Crippen molar-refractivity contribution < 1.29 is 32.3 Å². The van der Waals surface area contributed by atoms with Gasteiger partial charge in [-0.2, -0.15) is 4.31 Å². The average molecular weight is 498 g/mol. The van der Waals surface area contributed by atoms with Gasteiger partial charge in [-0.3, -0.25) is 19.3 Å². The molecule has 1 fully saturated rings. The van der Waals surface area contributed by atoms with E-state index < -0.39 is 40.3 Å². The van der Waals surface area contributed by atoms with Gasteiger partial charge in [0.1, 0.15) is 0 Å². The highest BCUT2D eigenvalue weighted by Crippen LogP contribution is 2.24. The van der Waals surface area contributed by atoms with E-state index in [1.54, 1.807) is 18.2 Å². The molecule has 1 saturated heterocycles. The van der Waals surface area contributed by atoms with Crippen LogP contribution in [0.1, 0.15) is 31.1 Å². The van der Waals surface area contributed by atoms with Crippen LogP contribution >= 0.6 is 0 Å². The molecule has 2 aliphatic heterocycles. The molecule has 2 heterocycles. The fourth-order valence-electron chi connectivity index (χ4n) is 3.93. The zero-order valence-electron chi connectivity index (χ0n) is 18.8. The van der Waals surface area contributed by atoms with E-state index in [9.17, 15) is 27.6 Å². The van der Waals surface area contributed by atoms with Gasteiger partial charge < -0.3 is 9.64 Å². The summed E-state index contributed by atoms with van der Waals surface area (Å²) in [6.07, 6.45) is 1.43. The van der Waals surface area contributed by atoms with Gasteiger partial charge in [0.05, 0.1) is 21.6 Å². The van der Waals surface area contributed by atoms with E-state index in [0.717, 1.165) is 4.90 Å². The summed E-state index contributed by atoms with van der Waals surface area (Å²) in [5.41, 5.74) is 0.318. The molecule has 0 aliphatic carbocycles. The van der Waals surface area contributed by atoms with Gasteiger partial charge in [0.15, 0.2) is 6.61 Å². The molecular weight excluding hydrogens is 474 g/mol. The van der Waals surface area contributed by atoms with Crippen molar-refractivity contribution in [3.63, 3.8) is 0 Å². The van der Waals surface area contributed by atoms with Crippen LogP contribution in [0.25, 0.3) is 0 Å². The summed E-state index contributed by atoms with van der Waals surface area (Å²) in [5.74, 6) is -2.26.